The van der Waals surface area contributed by atoms with Crippen LogP contribution in [0, 0.1) is 0 Å². The third-order valence-corrected chi connectivity index (χ3v) is 3.43. The Morgan fingerprint density at radius 3 is 1.89 bits per heavy atom. The van der Waals surface area contributed by atoms with Gasteiger partial charge in [-0.3, -0.25) is 4.98 Å². The Bertz CT molecular complexity index is 694. The zero-order chi connectivity index (χ0) is 21.0. The molecule has 0 aliphatic carbocycles. The number of alkyl halides is 1. The van der Waals surface area contributed by atoms with Crippen LogP contribution in [-0.4, -0.2) is 41.5 Å². The predicted molar refractivity (Wildman–Crippen MR) is 103 cm³/mol. The predicted octanol–water partition coefficient (Wildman–Crippen LogP) is 4.44. The minimum Gasteiger partial charge on any atom is -0.465 e. The molecule has 0 saturated carbocycles. The van der Waals surface area contributed by atoms with E-state index < -0.39 is 29.4 Å². The number of hydrogen-bond acceptors (Lipinski definition) is 7. The van der Waals surface area contributed by atoms with Crippen molar-refractivity contribution in [3.8, 4) is 0 Å². The third kappa shape index (κ3) is 6.82. The number of imide groups is 1. The van der Waals surface area contributed by atoms with E-state index in [4.69, 9.17) is 14.2 Å². The summed E-state index contributed by atoms with van der Waals surface area (Å²) in [5.74, 6) is -0.646. The maximum atomic E-state index is 12.6. The number of methoxy groups -OCH3 is 1. The largest absolute Gasteiger partial charge is 0.465 e. The van der Waals surface area contributed by atoms with Crippen molar-refractivity contribution in [3.63, 3.8) is 0 Å². The van der Waals surface area contributed by atoms with Gasteiger partial charge in [-0.05, 0) is 47.6 Å². The van der Waals surface area contributed by atoms with Gasteiger partial charge in [0.1, 0.15) is 11.2 Å². The lowest BCUT2D eigenvalue weighted by molar-refractivity contribution is 0.0428. The quantitative estimate of drug-likeness (QED) is 0.386. The first-order valence-electron chi connectivity index (χ1n) is 8.18. The van der Waals surface area contributed by atoms with Crippen LogP contribution in [0.3, 0.4) is 0 Å². The molecule has 0 fully saturated rings. The summed E-state index contributed by atoms with van der Waals surface area (Å²) in [6.07, 6.45) is -0.599. The Balaban J connectivity index is 3.43. The number of esters is 1. The van der Waals surface area contributed by atoms with Crippen molar-refractivity contribution in [3.05, 3.63) is 23.5 Å². The van der Waals surface area contributed by atoms with Crippen LogP contribution in [0.1, 0.15) is 57.6 Å². The van der Waals surface area contributed by atoms with E-state index in [9.17, 15) is 14.4 Å². The molecule has 0 spiro atoms. The molecule has 1 rings (SSSR count). The number of aromatic nitrogens is 1. The molecular weight excluding hydrogens is 420 g/mol. The lowest BCUT2D eigenvalue weighted by Gasteiger charge is -2.28. The number of hydrogen-bond donors (Lipinski definition) is 0. The van der Waals surface area contributed by atoms with Gasteiger partial charge in [-0.15, -0.1) is 0 Å². The number of pyridine rings is 1. The first-order chi connectivity index (χ1) is 12.3. The minimum absolute atomic E-state index is 0.0311. The fourth-order valence-corrected chi connectivity index (χ4v) is 2.34. The molecule has 0 N–H and O–H groups in total. The first-order valence-corrected chi connectivity index (χ1v) is 9.30. The van der Waals surface area contributed by atoms with Crippen LogP contribution in [0.2, 0.25) is 0 Å². The SMILES string of the molecule is COC(=O)c1cc(N(C(=O)OC(C)(C)C)C(=O)OC(C)(C)C)cnc1CBr. The maximum Gasteiger partial charge on any atom is 0.424 e. The van der Waals surface area contributed by atoms with Crippen LogP contribution in [0.25, 0.3) is 0 Å². The van der Waals surface area contributed by atoms with Gasteiger partial charge in [0.2, 0.25) is 0 Å². The zero-order valence-corrected chi connectivity index (χ0v) is 18.2. The molecule has 0 aromatic carbocycles. The van der Waals surface area contributed by atoms with Gasteiger partial charge >= 0.3 is 18.2 Å². The van der Waals surface area contributed by atoms with Gasteiger partial charge < -0.3 is 14.2 Å². The van der Waals surface area contributed by atoms with Crippen LogP contribution >= 0.6 is 15.9 Å². The maximum absolute atomic E-state index is 12.6. The number of halogens is 1. The summed E-state index contributed by atoms with van der Waals surface area (Å²) in [6, 6.07) is 1.34. The van der Waals surface area contributed by atoms with Gasteiger partial charge in [-0.25, -0.2) is 14.4 Å². The van der Waals surface area contributed by atoms with Gasteiger partial charge in [-0.2, -0.15) is 4.90 Å². The van der Waals surface area contributed by atoms with Crippen molar-refractivity contribution in [2.24, 2.45) is 0 Å². The van der Waals surface area contributed by atoms with Crippen molar-refractivity contribution < 1.29 is 28.6 Å². The Hall–Kier alpha value is -2.16. The van der Waals surface area contributed by atoms with E-state index in [0.717, 1.165) is 0 Å². The van der Waals surface area contributed by atoms with Gasteiger partial charge in [0.25, 0.3) is 0 Å². The molecule has 0 radical (unpaired) electrons. The lowest BCUT2D eigenvalue weighted by atomic mass is 10.2. The van der Waals surface area contributed by atoms with Crippen molar-refractivity contribution in [1.29, 1.82) is 0 Å². The Morgan fingerprint density at radius 2 is 1.52 bits per heavy atom. The summed E-state index contributed by atoms with van der Waals surface area (Å²) in [5.41, 5.74) is -1.14. The molecule has 8 nitrogen and oxygen atoms in total. The topological polar surface area (TPSA) is 95.0 Å². The highest BCUT2D eigenvalue weighted by Crippen LogP contribution is 2.24. The van der Waals surface area contributed by atoms with Crippen molar-refractivity contribution in [1.82, 2.24) is 4.98 Å². The van der Waals surface area contributed by atoms with Crippen LogP contribution in [0.5, 0.6) is 0 Å². The molecule has 0 aliphatic heterocycles. The molecule has 2 amide bonds. The molecule has 0 bridgehead atoms. The Kier molecular flexibility index (Phi) is 7.36. The van der Waals surface area contributed by atoms with E-state index in [-0.39, 0.29) is 16.6 Å². The van der Waals surface area contributed by atoms with Crippen molar-refractivity contribution >= 4 is 39.8 Å². The van der Waals surface area contributed by atoms with E-state index >= 15 is 0 Å². The fourth-order valence-electron chi connectivity index (χ4n) is 1.90. The zero-order valence-electron chi connectivity index (χ0n) is 16.6. The number of ether oxygens (including phenoxy) is 3. The molecule has 0 unspecified atom stereocenters. The Morgan fingerprint density at radius 1 is 1.04 bits per heavy atom. The average Bonchev–Trinajstić information content (AvgIpc) is 2.50. The second kappa shape index (κ2) is 8.69. The summed E-state index contributed by atoms with van der Waals surface area (Å²) >= 11 is 3.24. The number of anilines is 1. The molecule has 27 heavy (non-hydrogen) atoms. The van der Waals surface area contributed by atoms with E-state index in [2.05, 4.69) is 20.9 Å². The highest BCUT2D eigenvalue weighted by molar-refractivity contribution is 9.08. The van der Waals surface area contributed by atoms with E-state index in [1.807, 2.05) is 0 Å². The smallest absolute Gasteiger partial charge is 0.424 e. The average molecular weight is 445 g/mol. The molecule has 0 saturated heterocycles. The summed E-state index contributed by atoms with van der Waals surface area (Å²) < 4.78 is 15.4. The molecular formula is C18H25BrN2O6. The van der Waals surface area contributed by atoms with Crippen LogP contribution < -0.4 is 4.90 Å². The summed E-state index contributed by atoms with van der Waals surface area (Å²) in [7, 11) is 1.23. The summed E-state index contributed by atoms with van der Waals surface area (Å²) in [5, 5.41) is 0.288. The summed E-state index contributed by atoms with van der Waals surface area (Å²) in [4.78, 5) is 42.2. The standard InChI is InChI=1S/C18H25BrN2O6/c1-17(2,3)26-15(23)21(16(24)27-18(4,5)6)11-8-12(14(22)25-7)13(9-19)20-10-11/h8,10H,9H2,1-7H3. The highest BCUT2D eigenvalue weighted by atomic mass is 79.9. The first kappa shape index (κ1) is 22.9. The monoisotopic (exact) mass is 444 g/mol. The number of nitrogens with zero attached hydrogens (tertiary/aromatic N) is 2. The molecule has 1 aromatic rings. The Labute approximate surface area is 167 Å². The number of rotatable bonds is 3. The number of amides is 2. The van der Waals surface area contributed by atoms with E-state index in [0.29, 0.717) is 10.6 Å². The molecule has 150 valence electrons. The van der Waals surface area contributed by atoms with Gasteiger partial charge in [-0.1, -0.05) is 15.9 Å². The fraction of sp³-hybridized carbons (Fsp3) is 0.556. The van der Waals surface area contributed by atoms with Gasteiger partial charge in [0.15, 0.2) is 0 Å². The lowest BCUT2D eigenvalue weighted by Crippen LogP contribution is -2.44. The van der Waals surface area contributed by atoms with Crippen molar-refractivity contribution in [2.75, 3.05) is 12.0 Å². The van der Waals surface area contributed by atoms with E-state index in [1.54, 1.807) is 41.5 Å². The number of carbonyl (C=O) groups is 3. The van der Waals surface area contributed by atoms with Crippen LogP contribution in [-0.2, 0) is 19.5 Å². The summed E-state index contributed by atoms with van der Waals surface area (Å²) in [6.45, 7) is 10.0. The minimum atomic E-state index is -0.944. The molecule has 9 heteroatoms. The van der Waals surface area contributed by atoms with E-state index in [1.165, 1.54) is 19.4 Å². The molecule has 0 aliphatic rings. The second-order valence-electron chi connectivity index (χ2n) is 7.61. The number of carbonyl (C=O) groups excluding carboxylic acids is 3. The van der Waals surface area contributed by atoms with Crippen molar-refractivity contribution in [2.45, 2.75) is 58.1 Å². The van der Waals surface area contributed by atoms with Crippen LogP contribution in [0.4, 0.5) is 15.3 Å². The molecule has 1 heterocycles. The van der Waals surface area contributed by atoms with Gasteiger partial charge in [0.05, 0.1) is 30.3 Å². The molecule has 0 atom stereocenters. The molecule has 1 aromatic heterocycles. The third-order valence-electron chi connectivity index (χ3n) is 2.90. The second-order valence-corrected chi connectivity index (χ2v) is 8.17. The highest BCUT2D eigenvalue weighted by Gasteiger charge is 2.33. The normalized spacial score (nSPS) is 11.6. The van der Waals surface area contributed by atoms with Crippen LogP contribution in [0.15, 0.2) is 12.3 Å². The van der Waals surface area contributed by atoms with Gasteiger partial charge in [0, 0.05) is 5.33 Å².